The molecule has 114 valence electrons. The number of ether oxygens (including phenoxy) is 1. The Morgan fingerprint density at radius 1 is 1.36 bits per heavy atom. The summed E-state index contributed by atoms with van der Waals surface area (Å²) in [5.41, 5.74) is 0.213. The predicted molar refractivity (Wildman–Crippen MR) is 87.8 cm³/mol. The number of carbonyl (C=O) groups is 2. The van der Waals surface area contributed by atoms with Crippen molar-refractivity contribution in [1.29, 1.82) is 0 Å². The summed E-state index contributed by atoms with van der Waals surface area (Å²) in [6.45, 7) is 2.07. The molecule has 4 nitrogen and oxygen atoms in total. The van der Waals surface area contributed by atoms with Gasteiger partial charge in [-0.15, -0.1) is 11.3 Å². The van der Waals surface area contributed by atoms with Crippen LogP contribution in [0.5, 0.6) is 0 Å². The maximum atomic E-state index is 12.5. The Kier molecular flexibility index (Phi) is 4.06. The summed E-state index contributed by atoms with van der Waals surface area (Å²) < 4.78 is 6.41. The summed E-state index contributed by atoms with van der Waals surface area (Å²) in [6, 6.07) is 11.1. The van der Waals surface area contributed by atoms with Crippen LogP contribution in [0.15, 0.2) is 40.2 Å². The third-order valence-electron chi connectivity index (χ3n) is 3.62. The molecule has 2 aromatic rings. The van der Waals surface area contributed by atoms with Crippen molar-refractivity contribution >= 4 is 39.1 Å². The molecule has 3 rings (SSSR count). The van der Waals surface area contributed by atoms with E-state index >= 15 is 0 Å². The van der Waals surface area contributed by atoms with Crippen molar-refractivity contribution in [3.8, 4) is 0 Å². The molecule has 1 aliphatic heterocycles. The number of benzene rings is 1. The molecule has 1 amide bonds. The highest BCUT2D eigenvalue weighted by molar-refractivity contribution is 9.11. The molecule has 1 unspecified atom stereocenters. The third-order valence-corrected chi connectivity index (χ3v) is 5.24. The molecular weight excluding hydrogens is 366 g/mol. The Bertz CT molecular complexity index is 742. The molecule has 1 N–H and O–H groups in total. The van der Waals surface area contributed by atoms with E-state index in [-0.39, 0.29) is 5.91 Å². The van der Waals surface area contributed by atoms with Gasteiger partial charge in [-0.1, -0.05) is 18.2 Å². The number of amides is 1. The van der Waals surface area contributed by atoms with Crippen molar-refractivity contribution in [2.24, 2.45) is 0 Å². The van der Waals surface area contributed by atoms with Gasteiger partial charge in [-0.2, -0.15) is 0 Å². The molecular formula is C16H14BrNO3S. The van der Waals surface area contributed by atoms with Crippen LogP contribution < -0.4 is 5.32 Å². The van der Waals surface area contributed by atoms with Gasteiger partial charge in [0.1, 0.15) is 0 Å². The summed E-state index contributed by atoms with van der Waals surface area (Å²) in [5.74, 6) is -0.724. The molecule has 0 bridgehead atoms. The van der Waals surface area contributed by atoms with Crippen molar-refractivity contribution in [3.05, 3.63) is 56.2 Å². The van der Waals surface area contributed by atoms with Crippen molar-refractivity contribution in [1.82, 2.24) is 5.32 Å². The van der Waals surface area contributed by atoms with E-state index in [0.29, 0.717) is 18.5 Å². The molecule has 0 aliphatic carbocycles. The minimum absolute atomic E-state index is 0.278. The average Bonchev–Trinajstić information content (AvgIpc) is 2.90. The molecule has 1 aliphatic rings. The highest BCUT2D eigenvalue weighted by Gasteiger charge is 2.42. The van der Waals surface area contributed by atoms with Crippen LogP contribution >= 0.6 is 27.3 Å². The van der Waals surface area contributed by atoms with Crippen LogP contribution in [0.25, 0.3) is 0 Å². The number of esters is 1. The molecule has 0 saturated heterocycles. The number of hydrogen-bond acceptors (Lipinski definition) is 4. The van der Waals surface area contributed by atoms with Crippen LogP contribution in [0, 0.1) is 0 Å². The van der Waals surface area contributed by atoms with Gasteiger partial charge in [0.2, 0.25) is 0 Å². The normalized spacial score (nSPS) is 20.2. The number of halogens is 1. The number of fused-ring (bicyclic) bond motifs is 1. The summed E-state index contributed by atoms with van der Waals surface area (Å²) in [7, 11) is 0. The molecule has 0 saturated carbocycles. The van der Waals surface area contributed by atoms with Gasteiger partial charge in [0.05, 0.1) is 15.9 Å². The van der Waals surface area contributed by atoms with Gasteiger partial charge in [0.25, 0.3) is 5.91 Å². The van der Waals surface area contributed by atoms with Crippen LogP contribution in [0.3, 0.4) is 0 Å². The summed E-state index contributed by atoms with van der Waals surface area (Å²) in [5, 5.41) is 2.85. The van der Waals surface area contributed by atoms with E-state index in [2.05, 4.69) is 21.2 Å². The minimum Gasteiger partial charge on any atom is -0.445 e. The Morgan fingerprint density at radius 2 is 2.14 bits per heavy atom. The second kappa shape index (κ2) is 5.85. The lowest BCUT2D eigenvalue weighted by Crippen LogP contribution is -2.51. The quantitative estimate of drug-likeness (QED) is 0.832. The van der Waals surface area contributed by atoms with Gasteiger partial charge in [0.15, 0.2) is 5.60 Å². The van der Waals surface area contributed by atoms with E-state index in [4.69, 9.17) is 4.74 Å². The molecule has 0 radical (unpaired) electrons. The summed E-state index contributed by atoms with van der Waals surface area (Å²) in [6.07, 6.45) is 0.384. The zero-order valence-electron chi connectivity index (χ0n) is 11.9. The largest absolute Gasteiger partial charge is 0.445 e. The smallest absolute Gasteiger partial charge is 0.339 e. The fourth-order valence-electron chi connectivity index (χ4n) is 2.46. The molecule has 2 heterocycles. The van der Waals surface area contributed by atoms with Gasteiger partial charge in [0, 0.05) is 11.3 Å². The van der Waals surface area contributed by atoms with Crippen LogP contribution in [-0.4, -0.2) is 17.5 Å². The molecule has 1 atom stereocenters. The maximum absolute atomic E-state index is 12.5. The Balaban J connectivity index is 1.73. The van der Waals surface area contributed by atoms with Crippen molar-refractivity contribution in [3.63, 3.8) is 0 Å². The first-order chi connectivity index (χ1) is 10.5. The van der Waals surface area contributed by atoms with E-state index < -0.39 is 11.6 Å². The average molecular weight is 380 g/mol. The number of rotatable bonds is 3. The van der Waals surface area contributed by atoms with E-state index in [0.717, 1.165) is 14.2 Å². The molecule has 0 spiro atoms. The zero-order chi connectivity index (χ0) is 15.7. The molecule has 0 fully saturated rings. The van der Waals surface area contributed by atoms with Crippen LogP contribution in [0.2, 0.25) is 0 Å². The number of cyclic esters (lactones) is 1. The minimum atomic E-state index is -1.17. The first-order valence-electron chi connectivity index (χ1n) is 6.82. The van der Waals surface area contributed by atoms with Crippen molar-refractivity contribution in [2.75, 3.05) is 0 Å². The van der Waals surface area contributed by atoms with Crippen LogP contribution in [0.4, 0.5) is 0 Å². The molecule has 6 heteroatoms. The van der Waals surface area contributed by atoms with Crippen LogP contribution in [0.1, 0.15) is 27.7 Å². The highest BCUT2D eigenvalue weighted by Crippen LogP contribution is 2.28. The van der Waals surface area contributed by atoms with Gasteiger partial charge in [-0.3, -0.25) is 4.79 Å². The summed E-state index contributed by atoms with van der Waals surface area (Å²) in [4.78, 5) is 25.6. The fraction of sp³-hybridized carbons (Fsp3) is 0.250. The monoisotopic (exact) mass is 379 g/mol. The van der Waals surface area contributed by atoms with Crippen molar-refractivity contribution < 1.29 is 14.3 Å². The number of carbonyl (C=O) groups excluding carboxylic acids is 2. The second-order valence-corrected chi connectivity index (χ2v) is 7.89. The van der Waals surface area contributed by atoms with Gasteiger partial charge < -0.3 is 10.1 Å². The van der Waals surface area contributed by atoms with Gasteiger partial charge in [-0.05, 0) is 46.6 Å². The summed E-state index contributed by atoms with van der Waals surface area (Å²) >= 11 is 4.95. The highest BCUT2D eigenvalue weighted by atomic mass is 79.9. The number of thiophene rings is 1. The lowest BCUT2D eigenvalue weighted by atomic mass is 9.89. The Hall–Kier alpha value is -1.66. The Morgan fingerprint density at radius 3 is 2.86 bits per heavy atom. The predicted octanol–water partition coefficient (Wildman–Crippen LogP) is 3.30. The fourth-order valence-corrected chi connectivity index (χ4v) is 3.88. The SMILES string of the molecule is CC1(C(=O)NCc2ccc(Br)s2)Cc2ccccc2C(=O)O1. The maximum Gasteiger partial charge on any atom is 0.339 e. The van der Waals surface area contributed by atoms with E-state index in [1.54, 1.807) is 30.4 Å². The Labute approximate surface area is 140 Å². The first-order valence-corrected chi connectivity index (χ1v) is 8.43. The van der Waals surface area contributed by atoms with Gasteiger partial charge in [-0.25, -0.2) is 4.79 Å². The van der Waals surface area contributed by atoms with E-state index in [9.17, 15) is 9.59 Å². The third kappa shape index (κ3) is 2.94. The zero-order valence-corrected chi connectivity index (χ0v) is 14.3. The molecule has 1 aromatic carbocycles. The topological polar surface area (TPSA) is 55.4 Å². The van der Waals surface area contributed by atoms with E-state index in [1.807, 2.05) is 24.3 Å². The standard InChI is InChI=1S/C16H14BrNO3S/c1-16(15(20)18-9-11-6-7-13(17)22-11)8-10-4-2-3-5-12(10)14(19)21-16/h2-7H,8-9H2,1H3,(H,18,20). The van der Waals surface area contributed by atoms with Crippen molar-refractivity contribution in [2.45, 2.75) is 25.5 Å². The van der Waals surface area contributed by atoms with E-state index in [1.165, 1.54) is 0 Å². The lowest BCUT2D eigenvalue weighted by molar-refractivity contribution is -0.139. The molecule has 1 aromatic heterocycles. The molecule has 22 heavy (non-hydrogen) atoms. The lowest BCUT2D eigenvalue weighted by Gasteiger charge is -2.32. The number of nitrogens with one attached hydrogen (secondary N) is 1. The second-order valence-electron chi connectivity index (χ2n) is 5.34. The van der Waals surface area contributed by atoms with Crippen LogP contribution in [-0.2, 0) is 22.5 Å². The van der Waals surface area contributed by atoms with Gasteiger partial charge >= 0.3 is 5.97 Å². The number of hydrogen-bond donors (Lipinski definition) is 1. The first kappa shape index (κ1) is 15.2.